The Hall–Kier alpha value is 0.0343. The molecule has 3 rings (SSSR count). The average Bonchev–Trinajstić information content (AvgIpc) is 3.01. The van der Waals surface area contributed by atoms with Crippen LogP contribution in [0.4, 0.5) is 0 Å². The van der Waals surface area contributed by atoms with Gasteiger partial charge in [0.05, 0.1) is 0 Å². The van der Waals surface area contributed by atoms with E-state index in [0.29, 0.717) is 0 Å². The topological polar surface area (TPSA) is 0 Å². The van der Waals surface area contributed by atoms with E-state index >= 15 is 0 Å². The van der Waals surface area contributed by atoms with Gasteiger partial charge in [0.1, 0.15) is 0 Å². The number of halogens is 2. The molecular weight excluding hydrogens is 342 g/mol. The van der Waals surface area contributed by atoms with Crippen LogP contribution in [-0.2, 0) is 21.7 Å². The minimum absolute atomic E-state index is 0. The van der Waals surface area contributed by atoms with Crippen molar-refractivity contribution in [2.45, 2.75) is 13.3 Å². The summed E-state index contributed by atoms with van der Waals surface area (Å²) in [4.78, 5) is 0. The molecule has 0 N–H and O–H groups in total. The average molecular weight is 357 g/mol. The maximum Gasteiger partial charge on any atom is 4.00 e. The van der Waals surface area contributed by atoms with Gasteiger partial charge in [-0.25, -0.2) is 11.4 Å². The van der Waals surface area contributed by atoms with Crippen LogP contribution in [0.1, 0.15) is 13.3 Å². The van der Waals surface area contributed by atoms with Crippen LogP contribution in [-0.4, -0.2) is 6.16 Å². The molecule has 102 valence electrons. The fraction of sp³-hybridized carbons (Fsp3) is 0.188. The largest absolute Gasteiger partial charge is 4.00 e. The van der Waals surface area contributed by atoms with Crippen molar-refractivity contribution in [1.82, 2.24) is 0 Å². The van der Waals surface area contributed by atoms with E-state index in [9.17, 15) is 0 Å². The van der Waals surface area contributed by atoms with Crippen molar-refractivity contribution in [1.29, 1.82) is 0 Å². The van der Waals surface area contributed by atoms with Crippen molar-refractivity contribution in [3.63, 3.8) is 0 Å². The standard InChI is InChI=1S/C16H15P.2ClH.Ti/c1-2-17(14-8-4-5-9-14)16-12-11-13-7-3-6-10-15(13)16;;;/h3-4,6-8,10-12H,2,5H2,1H3;2*1H;/q-2;;;+4/p-2. The molecule has 2 aromatic rings. The zero-order chi connectivity index (χ0) is 11.7. The molecule has 1 unspecified atom stereocenters. The van der Waals surface area contributed by atoms with E-state index in [2.05, 4.69) is 61.5 Å². The molecule has 0 bridgehead atoms. The summed E-state index contributed by atoms with van der Waals surface area (Å²) in [7, 11) is -0.199. The van der Waals surface area contributed by atoms with E-state index in [1.165, 1.54) is 27.6 Å². The van der Waals surface area contributed by atoms with Crippen molar-refractivity contribution in [3.05, 3.63) is 59.9 Å². The molecule has 0 saturated carbocycles. The Morgan fingerprint density at radius 1 is 1.20 bits per heavy atom. The number of hydrogen-bond acceptors (Lipinski definition) is 0. The van der Waals surface area contributed by atoms with Gasteiger partial charge in [0.15, 0.2) is 0 Å². The summed E-state index contributed by atoms with van der Waals surface area (Å²) in [5, 5.41) is 5.74. The summed E-state index contributed by atoms with van der Waals surface area (Å²) in [5.41, 5.74) is 0. The first-order chi connectivity index (χ1) is 8.40. The predicted molar refractivity (Wildman–Crippen MR) is 77.1 cm³/mol. The zero-order valence-electron chi connectivity index (χ0n) is 11.2. The van der Waals surface area contributed by atoms with Gasteiger partial charge in [0.25, 0.3) is 0 Å². The van der Waals surface area contributed by atoms with Gasteiger partial charge in [-0.1, -0.05) is 13.0 Å². The molecule has 20 heavy (non-hydrogen) atoms. The van der Waals surface area contributed by atoms with E-state index in [4.69, 9.17) is 0 Å². The summed E-state index contributed by atoms with van der Waals surface area (Å²) in [6.07, 6.45) is 10.2. The smallest absolute Gasteiger partial charge is 1.00 e. The molecule has 1 aliphatic carbocycles. The summed E-state index contributed by atoms with van der Waals surface area (Å²) >= 11 is 0. The van der Waals surface area contributed by atoms with Crippen LogP contribution in [0.3, 0.4) is 0 Å². The molecule has 0 radical (unpaired) electrons. The quantitative estimate of drug-likeness (QED) is 0.351. The Morgan fingerprint density at radius 2 is 1.95 bits per heavy atom. The first-order valence-corrected chi connectivity index (χ1v) is 7.62. The second kappa shape index (κ2) is 9.13. The molecule has 0 fully saturated rings. The van der Waals surface area contributed by atoms with Gasteiger partial charge in [-0.15, -0.1) is 54.7 Å². The summed E-state index contributed by atoms with van der Waals surface area (Å²) in [5.74, 6) is 0. The fourth-order valence-corrected chi connectivity index (χ4v) is 4.68. The second-order valence-corrected chi connectivity index (χ2v) is 6.67. The minimum atomic E-state index is -0.199. The third-order valence-electron chi connectivity index (χ3n) is 3.23. The first-order valence-electron chi connectivity index (χ1n) is 6.09. The number of benzene rings is 1. The molecule has 1 atom stereocenters. The van der Waals surface area contributed by atoms with Gasteiger partial charge in [0, 0.05) is 0 Å². The summed E-state index contributed by atoms with van der Waals surface area (Å²) in [6.45, 7) is 2.29. The van der Waals surface area contributed by atoms with Crippen LogP contribution in [0.5, 0.6) is 0 Å². The van der Waals surface area contributed by atoms with Crippen LogP contribution in [0.15, 0.2) is 53.9 Å². The van der Waals surface area contributed by atoms with Crippen LogP contribution in [0.2, 0.25) is 0 Å². The Morgan fingerprint density at radius 3 is 2.60 bits per heavy atom. The molecular formula is C16H15Cl2PTi. The van der Waals surface area contributed by atoms with Crippen LogP contribution < -0.4 is 30.1 Å². The Bertz CT molecular complexity index is 601. The van der Waals surface area contributed by atoms with Gasteiger partial charge < -0.3 is 24.8 Å². The van der Waals surface area contributed by atoms with E-state index in [-0.39, 0.29) is 54.5 Å². The molecule has 0 spiro atoms. The van der Waals surface area contributed by atoms with Crippen LogP contribution in [0, 0.1) is 6.08 Å². The Kier molecular flexibility index (Phi) is 9.15. The molecule has 0 heterocycles. The van der Waals surface area contributed by atoms with Gasteiger partial charge in [-0.3, -0.25) is 6.08 Å². The number of rotatable bonds is 3. The molecule has 0 saturated heterocycles. The van der Waals surface area contributed by atoms with E-state index in [0.717, 1.165) is 6.42 Å². The van der Waals surface area contributed by atoms with Gasteiger partial charge in [-0.2, -0.15) is 12.1 Å². The molecule has 0 aromatic heterocycles. The van der Waals surface area contributed by atoms with E-state index in [1.807, 2.05) is 0 Å². The van der Waals surface area contributed by atoms with Crippen LogP contribution >= 0.6 is 7.92 Å². The fourth-order valence-electron chi connectivity index (χ4n) is 2.42. The maximum absolute atomic E-state index is 3.49. The van der Waals surface area contributed by atoms with Gasteiger partial charge in [0.2, 0.25) is 0 Å². The van der Waals surface area contributed by atoms with Crippen molar-refractivity contribution < 1.29 is 46.5 Å². The monoisotopic (exact) mass is 356 g/mol. The second-order valence-electron chi connectivity index (χ2n) is 4.22. The number of fused-ring (bicyclic) bond motifs is 1. The number of hydrogen-bond donors (Lipinski definition) is 0. The van der Waals surface area contributed by atoms with Crippen molar-refractivity contribution >= 4 is 24.0 Å². The van der Waals surface area contributed by atoms with E-state index in [1.54, 1.807) is 0 Å². The van der Waals surface area contributed by atoms with Gasteiger partial charge in [-0.05, 0) is 6.16 Å². The molecule has 2 aromatic carbocycles. The molecule has 1 aliphatic rings. The maximum atomic E-state index is 3.49. The van der Waals surface area contributed by atoms with Crippen molar-refractivity contribution in [2.75, 3.05) is 6.16 Å². The minimum Gasteiger partial charge on any atom is -1.00 e. The predicted octanol–water partition coefficient (Wildman–Crippen LogP) is -1.66. The zero-order valence-corrected chi connectivity index (χ0v) is 15.2. The first kappa shape index (κ1) is 20.0. The Labute approximate surface area is 149 Å². The molecule has 0 nitrogen and oxygen atoms in total. The van der Waals surface area contributed by atoms with E-state index < -0.39 is 0 Å². The van der Waals surface area contributed by atoms with Crippen molar-refractivity contribution in [3.8, 4) is 0 Å². The molecule has 4 heteroatoms. The summed E-state index contributed by atoms with van der Waals surface area (Å²) in [6, 6.07) is 13.2. The van der Waals surface area contributed by atoms with Crippen LogP contribution in [0.25, 0.3) is 10.8 Å². The molecule has 0 aliphatic heterocycles. The van der Waals surface area contributed by atoms with Crippen molar-refractivity contribution in [2.24, 2.45) is 0 Å². The Balaban J connectivity index is 0.00000120. The normalized spacial score (nSPS) is 13.9. The summed E-state index contributed by atoms with van der Waals surface area (Å²) < 4.78 is 0. The third kappa shape index (κ3) is 3.82. The SMILES string of the molecule is CCP(C1=[C-]CC=C1)[c-]1ccc2ccccc21.[Cl-].[Cl-].[Ti+4]. The van der Waals surface area contributed by atoms with Gasteiger partial charge >= 0.3 is 21.7 Å². The third-order valence-corrected chi connectivity index (χ3v) is 5.72. The molecule has 0 amide bonds. The number of allylic oxidation sites excluding steroid dienone is 4.